The molecule has 1 aromatic rings. The van der Waals surface area contributed by atoms with Crippen LogP contribution >= 0.6 is 0 Å². The minimum absolute atomic E-state index is 0.0740. The molecule has 1 aliphatic carbocycles. The van der Waals surface area contributed by atoms with Crippen molar-refractivity contribution in [3.05, 3.63) is 36.7 Å². The molecule has 0 bridgehead atoms. The number of amides is 2. The number of benzene rings is 1. The predicted molar refractivity (Wildman–Crippen MR) is 124 cm³/mol. The Morgan fingerprint density at radius 2 is 1.91 bits per heavy atom. The number of anilines is 1. The van der Waals surface area contributed by atoms with Crippen molar-refractivity contribution >= 4 is 27.5 Å². The van der Waals surface area contributed by atoms with Gasteiger partial charge in [0.05, 0.1) is 22.9 Å². The summed E-state index contributed by atoms with van der Waals surface area (Å²) in [6.07, 6.45) is 3.90. The van der Waals surface area contributed by atoms with E-state index in [-0.39, 0.29) is 17.9 Å². The zero-order valence-electron chi connectivity index (χ0n) is 19.4. The Balaban J connectivity index is 1.56. The second-order valence-electron chi connectivity index (χ2n) is 9.88. The molecule has 2 amide bonds. The van der Waals surface area contributed by atoms with Gasteiger partial charge in [-0.1, -0.05) is 0 Å². The average Bonchev–Trinajstić information content (AvgIpc) is 3.19. The molecular formula is C23H29N5O5S. The number of hydrogen-bond donors (Lipinski definition) is 2. The van der Waals surface area contributed by atoms with E-state index >= 15 is 0 Å². The molecule has 11 heteroatoms. The third-order valence-electron chi connectivity index (χ3n) is 6.09. The predicted octanol–water partition coefficient (Wildman–Crippen LogP) is 1.85. The van der Waals surface area contributed by atoms with Gasteiger partial charge in [-0.3, -0.25) is 9.69 Å². The van der Waals surface area contributed by atoms with Crippen LogP contribution in [0.25, 0.3) is 0 Å². The van der Waals surface area contributed by atoms with E-state index in [1.807, 2.05) is 11.1 Å². The van der Waals surface area contributed by atoms with E-state index in [1.165, 1.54) is 17.0 Å². The highest BCUT2D eigenvalue weighted by atomic mass is 32.2. The van der Waals surface area contributed by atoms with Gasteiger partial charge in [0.15, 0.2) is 9.84 Å². The van der Waals surface area contributed by atoms with Crippen LogP contribution in [-0.2, 0) is 19.4 Å². The van der Waals surface area contributed by atoms with Crippen LogP contribution in [0, 0.1) is 11.3 Å². The van der Waals surface area contributed by atoms with Gasteiger partial charge in [-0.25, -0.2) is 13.2 Å². The van der Waals surface area contributed by atoms with Gasteiger partial charge in [0.25, 0.3) is 0 Å². The lowest BCUT2D eigenvalue weighted by Gasteiger charge is -2.28. The topological polar surface area (TPSA) is 132 Å². The second-order valence-corrected chi connectivity index (χ2v) is 12.1. The van der Waals surface area contributed by atoms with Crippen molar-refractivity contribution in [2.75, 3.05) is 18.1 Å². The molecule has 2 atom stereocenters. The maximum atomic E-state index is 13.4. The number of sulfone groups is 1. The molecule has 0 spiro atoms. The van der Waals surface area contributed by atoms with Crippen molar-refractivity contribution in [2.24, 2.45) is 0 Å². The lowest BCUT2D eigenvalue weighted by atomic mass is 10.2. The maximum absolute atomic E-state index is 13.4. The van der Waals surface area contributed by atoms with Crippen LogP contribution in [0.4, 0.5) is 10.5 Å². The van der Waals surface area contributed by atoms with E-state index in [9.17, 15) is 23.3 Å². The Kier molecular flexibility index (Phi) is 5.97. The van der Waals surface area contributed by atoms with Gasteiger partial charge in [0.2, 0.25) is 5.91 Å². The summed E-state index contributed by atoms with van der Waals surface area (Å²) in [4.78, 5) is 29.1. The molecule has 2 aliphatic heterocycles. The van der Waals surface area contributed by atoms with Crippen molar-refractivity contribution in [1.29, 1.82) is 5.26 Å². The summed E-state index contributed by atoms with van der Waals surface area (Å²) in [5, 5.41) is 14.1. The Bertz CT molecular complexity index is 1150. The summed E-state index contributed by atoms with van der Waals surface area (Å²) >= 11 is 0. The Morgan fingerprint density at radius 3 is 2.44 bits per heavy atom. The van der Waals surface area contributed by atoms with Crippen molar-refractivity contribution in [3.8, 4) is 6.07 Å². The summed E-state index contributed by atoms with van der Waals surface area (Å²) in [6, 6.07) is 7.56. The van der Waals surface area contributed by atoms with Gasteiger partial charge >= 0.3 is 6.09 Å². The first-order valence-electron chi connectivity index (χ1n) is 11.2. The van der Waals surface area contributed by atoms with Crippen LogP contribution in [0.15, 0.2) is 41.6 Å². The number of rotatable bonds is 5. The number of likely N-dealkylation sites (tertiary alicyclic amines) is 1. The van der Waals surface area contributed by atoms with E-state index in [2.05, 4.69) is 16.7 Å². The summed E-state index contributed by atoms with van der Waals surface area (Å²) in [5.41, 5.74) is -0.901. The van der Waals surface area contributed by atoms with Crippen LogP contribution in [0.3, 0.4) is 0 Å². The van der Waals surface area contributed by atoms with E-state index in [4.69, 9.17) is 4.74 Å². The highest BCUT2D eigenvalue weighted by molar-refractivity contribution is 7.92. The smallest absolute Gasteiger partial charge is 0.411 e. The fraction of sp³-hybridized carbons (Fsp3) is 0.522. The second kappa shape index (κ2) is 8.51. The first-order valence-corrected chi connectivity index (χ1v) is 12.7. The molecule has 182 valence electrons. The van der Waals surface area contributed by atoms with Crippen molar-refractivity contribution in [2.45, 2.75) is 67.4 Å². The third-order valence-corrected chi connectivity index (χ3v) is 8.24. The minimum Gasteiger partial charge on any atom is -0.444 e. The minimum atomic E-state index is -3.84. The normalized spacial score (nSPS) is 23.2. The first-order chi connectivity index (χ1) is 15.9. The molecule has 1 saturated carbocycles. The molecule has 2 N–H and O–H groups in total. The van der Waals surface area contributed by atoms with Gasteiger partial charge in [0, 0.05) is 24.6 Å². The number of nitrogens with zero attached hydrogens (tertiary/aromatic N) is 3. The van der Waals surface area contributed by atoms with E-state index in [1.54, 1.807) is 39.1 Å². The molecular weight excluding hydrogens is 458 g/mol. The number of nitrogens with one attached hydrogen (secondary N) is 2. The molecule has 34 heavy (non-hydrogen) atoms. The lowest BCUT2D eigenvalue weighted by Crippen LogP contribution is -2.50. The number of carbonyl (C=O) groups excluding carboxylic acids is 2. The van der Waals surface area contributed by atoms with Crippen LogP contribution in [0.5, 0.6) is 0 Å². The number of nitriles is 1. The first kappa shape index (κ1) is 23.9. The third kappa shape index (κ3) is 4.82. The van der Waals surface area contributed by atoms with E-state index < -0.39 is 44.3 Å². The largest absolute Gasteiger partial charge is 0.444 e. The molecule has 0 aromatic heterocycles. The van der Waals surface area contributed by atoms with E-state index in [0.717, 1.165) is 5.69 Å². The Labute approximate surface area is 199 Å². The number of carbonyl (C=O) groups is 2. The molecule has 4 rings (SSSR count). The molecule has 10 nitrogen and oxygen atoms in total. The fourth-order valence-electron chi connectivity index (χ4n) is 4.05. The van der Waals surface area contributed by atoms with Gasteiger partial charge < -0.3 is 20.3 Å². The van der Waals surface area contributed by atoms with Crippen molar-refractivity contribution in [1.82, 2.24) is 15.5 Å². The zero-order chi connectivity index (χ0) is 24.7. The molecule has 0 radical (unpaired) electrons. The molecule has 1 aromatic carbocycles. The molecule has 0 unspecified atom stereocenters. The van der Waals surface area contributed by atoms with Crippen LogP contribution in [-0.4, -0.2) is 61.0 Å². The van der Waals surface area contributed by atoms with Crippen LogP contribution in [0.1, 0.15) is 40.0 Å². The number of ether oxygens (including phenoxy) is 1. The van der Waals surface area contributed by atoms with Crippen molar-refractivity contribution < 1.29 is 22.7 Å². The highest BCUT2D eigenvalue weighted by Gasteiger charge is 2.51. The lowest BCUT2D eigenvalue weighted by molar-refractivity contribution is -0.126. The Hall–Kier alpha value is -3.26. The average molecular weight is 488 g/mol. The summed E-state index contributed by atoms with van der Waals surface area (Å²) in [5.74, 6) is -0.536. The standard InChI is InChI=1S/C23H29N5O5S/c1-22(2,3)33-21(30)28-13-18(12-19(28)20(29)26-23(14-24)8-9-23)34(31,32)17-6-4-16(5-7-17)27-11-10-25-15-27/h4-7,10-11,18-19,25H,8-9,12-13,15H2,1-3H3,(H,26,29)/t18-,19+/m1/s1. The number of hydrogen-bond acceptors (Lipinski definition) is 8. The van der Waals surface area contributed by atoms with Crippen molar-refractivity contribution in [3.63, 3.8) is 0 Å². The maximum Gasteiger partial charge on any atom is 0.411 e. The van der Waals surface area contributed by atoms with Crippen LogP contribution < -0.4 is 15.5 Å². The SMILES string of the molecule is CC(C)(C)OC(=O)N1C[C@H](S(=O)(=O)c2ccc(N3C=CNC3)cc2)C[C@H]1C(=O)NC1(C#N)CC1. The fourth-order valence-corrected chi connectivity index (χ4v) is 5.74. The van der Waals surface area contributed by atoms with Gasteiger partial charge in [-0.15, -0.1) is 0 Å². The summed E-state index contributed by atoms with van der Waals surface area (Å²) < 4.78 is 32.3. The Morgan fingerprint density at radius 1 is 1.24 bits per heavy atom. The quantitative estimate of drug-likeness (QED) is 0.643. The van der Waals surface area contributed by atoms with Gasteiger partial charge in [-0.05, 0) is 64.3 Å². The molecule has 3 aliphatic rings. The van der Waals surface area contributed by atoms with Gasteiger partial charge in [0.1, 0.15) is 17.2 Å². The molecule has 2 fully saturated rings. The molecule has 1 saturated heterocycles. The monoisotopic (exact) mass is 487 g/mol. The molecule has 2 heterocycles. The highest BCUT2D eigenvalue weighted by Crippen LogP contribution is 2.36. The van der Waals surface area contributed by atoms with E-state index in [0.29, 0.717) is 19.5 Å². The summed E-state index contributed by atoms with van der Waals surface area (Å²) in [7, 11) is -3.84. The van der Waals surface area contributed by atoms with Crippen LogP contribution in [0.2, 0.25) is 0 Å². The van der Waals surface area contributed by atoms with Gasteiger partial charge in [-0.2, -0.15) is 5.26 Å². The summed E-state index contributed by atoms with van der Waals surface area (Å²) in [6.45, 7) is 5.53. The zero-order valence-corrected chi connectivity index (χ0v) is 20.3.